The lowest BCUT2D eigenvalue weighted by Crippen LogP contribution is -2.53. The number of nitrogens with one attached hydrogen (secondary N) is 2. The van der Waals surface area contributed by atoms with E-state index in [2.05, 4.69) is 32.6 Å². The Hall–Kier alpha value is -4.52. The number of hydrogen-bond acceptors (Lipinski definition) is 6. The molecule has 6 rings (SSSR count). The first kappa shape index (κ1) is 27.6. The van der Waals surface area contributed by atoms with Crippen LogP contribution in [0.3, 0.4) is 0 Å². The third-order valence-corrected chi connectivity index (χ3v) is 8.77. The van der Waals surface area contributed by atoms with Crippen LogP contribution in [0.4, 0.5) is 5.69 Å². The summed E-state index contributed by atoms with van der Waals surface area (Å²) in [6.07, 6.45) is 3.96. The Morgan fingerprint density at radius 3 is 2.71 bits per heavy atom. The third kappa shape index (κ3) is 4.83. The summed E-state index contributed by atoms with van der Waals surface area (Å²) in [5.74, 6) is -0.315. The Kier molecular flexibility index (Phi) is 7.27. The van der Waals surface area contributed by atoms with Crippen LogP contribution in [0.2, 0.25) is 0 Å². The molecule has 2 aromatic carbocycles. The summed E-state index contributed by atoms with van der Waals surface area (Å²) < 4.78 is 0. The van der Waals surface area contributed by atoms with E-state index in [4.69, 9.17) is 0 Å². The zero-order valence-electron chi connectivity index (χ0n) is 24.0. The fourth-order valence-corrected chi connectivity index (χ4v) is 6.62. The Morgan fingerprint density at radius 2 is 1.95 bits per heavy atom. The van der Waals surface area contributed by atoms with Gasteiger partial charge in [-0.05, 0) is 48.8 Å². The van der Waals surface area contributed by atoms with Crippen molar-refractivity contribution in [3.8, 4) is 17.5 Å². The van der Waals surface area contributed by atoms with Crippen LogP contribution in [0.1, 0.15) is 67.7 Å². The quantitative estimate of drug-likeness (QED) is 0.490. The number of hydrogen-bond donors (Lipinski definition) is 2. The summed E-state index contributed by atoms with van der Waals surface area (Å²) in [4.78, 5) is 49.7. The topological polar surface area (TPSA) is 135 Å². The maximum Gasteiger partial charge on any atom is 0.291 e. The van der Waals surface area contributed by atoms with Crippen molar-refractivity contribution >= 4 is 23.4 Å². The van der Waals surface area contributed by atoms with E-state index in [0.717, 1.165) is 41.6 Å². The molecule has 216 valence electrons. The molecule has 3 atom stereocenters. The van der Waals surface area contributed by atoms with Crippen molar-refractivity contribution in [2.75, 3.05) is 18.4 Å². The lowest BCUT2D eigenvalue weighted by Gasteiger charge is -2.35. The van der Waals surface area contributed by atoms with Crippen LogP contribution >= 0.6 is 0 Å². The van der Waals surface area contributed by atoms with Crippen molar-refractivity contribution < 1.29 is 14.4 Å². The highest BCUT2D eigenvalue weighted by Gasteiger charge is 2.57. The van der Waals surface area contributed by atoms with Crippen molar-refractivity contribution in [3.63, 3.8) is 0 Å². The van der Waals surface area contributed by atoms with Gasteiger partial charge >= 0.3 is 0 Å². The van der Waals surface area contributed by atoms with Gasteiger partial charge in [-0.3, -0.25) is 19.5 Å². The summed E-state index contributed by atoms with van der Waals surface area (Å²) in [7, 11) is 0. The summed E-state index contributed by atoms with van der Waals surface area (Å²) in [5.41, 5.74) is 2.53. The molecule has 1 fully saturated rings. The molecule has 4 heterocycles. The average molecular weight is 566 g/mol. The van der Waals surface area contributed by atoms with E-state index in [-0.39, 0.29) is 36.5 Å². The summed E-state index contributed by atoms with van der Waals surface area (Å²) >= 11 is 0. The number of nitriles is 1. The van der Waals surface area contributed by atoms with Gasteiger partial charge in [-0.2, -0.15) is 10.4 Å². The average Bonchev–Trinajstić information content (AvgIpc) is 3.70. The SMILES string of the molecule is CC(C)C[C@H]1C(=O)N2C[C@]3(C[C@H]2C#N)C(=O)Nc2ccc(cc23)CCCCCN1C(=O)c1nc(-c2ccccc2)n[nH]1. The van der Waals surface area contributed by atoms with Crippen LogP contribution in [0.25, 0.3) is 11.4 Å². The number of amides is 3. The first-order chi connectivity index (χ1) is 20.3. The standard InChI is InChI=1S/C32H35N7O3/c1-20(2)15-26-29(40)39-19-32(17-23(39)18-33)24-16-21(12-13-25(24)34-31(32)42)9-5-4-8-14-38(26)30(41)28-35-27(36-37-28)22-10-6-3-7-11-22/h3,6-7,10-13,16,20,23,26H,4-5,8-9,14-15,17,19H2,1-2H3,(H,34,42)(H,35,36,37)/t23-,26-,32-/m0/s1. The van der Waals surface area contributed by atoms with E-state index < -0.39 is 23.4 Å². The fraction of sp³-hybridized carbons (Fsp3) is 0.438. The molecule has 42 heavy (non-hydrogen) atoms. The number of carbonyl (C=O) groups is 3. The zero-order chi connectivity index (χ0) is 29.4. The molecular formula is C32H35N7O3. The molecular weight excluding hydrogens is 530 g/mol. The zero-order valence-corrected chi connectivity index (χ0v) is 24.0. The summed E-state index contributed by atoms with van der Waals surface area (Å²) in [6, 6.07) is 16.1. The van der Waals surface area contributed by atoms with Crippen LogP contribution in [0.15, 0.2) is 48.5 Å². The number of benzene rings is 2. The molecule has 3 amide bonds. The molecule has 3 aliphatic heterocycles. The lowest BCUT2D eigenvalue weighted by molar-refractivity contribution is -0.137. The van der Waals surface area contributed by atoms with Crippen LogP contribution in [-0.4, -0.2) is 67.9 Å². The van der Waals surface area contributed by atoms with Gasteiger partial charge in [0.25, 0.3) is 5.91 Å². The molecule has 10 heteroatoms. The molecule has 3 aromatic rings. The maximum absolute atomic E-state index is 14.5. The Morgan fingerprint density at radius 1 is 1.14 bits per heavy atom. The highest BCUT2D eigenvalue weighted by Crippen LogP contribution is 2.47. The smallest absolute Gasteiger partial charge is 0.291 e. The van der Waals surface area contributed by atoms with Crippen LogP contribution < -0.4 is 5.32 Å². The molecule has 4 bridgehead atoms. The number of nitrogens with zero attached hydrogens (tertiary/aromatic N) is 5. The Labute approximate surface area is 245 Å². The van der Waals surface area contributed by atoms with E-state index in [9.17, 15) is 19.6 Å². The van der Waals surface area contributed by atoms with Crippen LogP contribution in [0, 0.1) is 17.2 Å². The predicted molar refractivity (Wildman–Crippen MR) is 156 cm³/mol. The minimum Gasteiger partial charge on any atom is -0.325 e. The minimum atomic E-state index is -0.988. The largest absolute Gasteiger partial charge is 0.325 e. The van der Waals surface area contributed by atoms with Gasteiger partial charge in [0.05, 0.1) is 11.5 Å². The van der Waals surface area contributed by atoms with E-state index in [1.165, 1.54) is 4.90 Å². The number of aromatic amines is 1. The summed E-state index contributed by atoms with van der Waals surface area (Å²) in [5, 5.41) is 20.3. The van der Waals surface area contributed by atoms with Crippen molar-refractivity contribution in [2.45, 2.75) is 69.9 Å². The van der Waals surface area contributed by atoms with Gasteiger partial charge in [-0.25, -0.2) is 4.98 Å². The molecule has 1 spiro atoms. The highest BCUT2D eigenvalue weighted by atomic mass is 16.2. The van der Waals surface area contributed by atoms with Gasteiger partial charge < -0.3 is 15.1 Å². The van der Waals surface area contributed by atoms with Crippen molar-refractivity contribution in [2.24, 2.45) is 5.92 Å². The number of rotatable bonds is 4. The van der Waals surface area contributed by atoms with E-state index >= 15 is 0 Å². The van der Waals surface area contributed by atoms with Gasteiger partial charge in [0, 0.05) is 30.8 Å². The molecule has 0 unspecified atom stereocenters. The van der Waals surface area contributed by atoms with E-state index in [1.807, 2.05) is 56.3 Å². The Bertz CT molecular complexity index is 1560. The molecule has 3 aliphatic rings. The second-order valence-corrected chi connectivity index (χ2v) is 12.1. The van der Waals surface area contributed by atoms with Gasteiger partial charge in [0.15, 0.2) is 5.82 Å². The number of carbonyl (C=O) groups excluding carboxylic acids is 3. The first-order valence-corrected chi connectivity index (χ1v) is 14.7. The van der Waals surface area contributed by atoms with Crippen molar-refractivity contribution in [3.05, 3.63) is 65.5 Å². The number of fused-ring (bicyclic) bond motifs is 2. The highest BCUT2D eigenvalue weighted by molar-refractivity contribution is 6.07. The second-order valence-electron chi connectivity index (χ2n) is 12.1. The van der Waals surface area contributed by atoms with E-state index in [0.29, 0.717) is 25.2 Å². The number of H-pyrrole nitrogens is 1. The molecule has 10 nitrogen and oxygen atoms in total. The van der Waals surface area contributed by atoms with Gasteiger partial charge in [0.1, 0.15) is 12.1 Å². The monoisotopic (exact) mass is 565 g/mol. The van der Waals surface area contributed by atoms with Gasteiger partial charge in [-0.1, -0.05) is 62.7 Å². The number of anilines is 1. The second kappa shape index (κ2) is 11.0. The first-order valence-electron chi connectivity index (χ1n) is 14.7. The van der Waals surface area contributed by atoms with E-state index in [1.54, 1.807) is 4.90 Å². The molecule has 0 radical (unpaired) electrons. The normalized spacial score (nSPS) is 24.0. The van der Waals surface area contributed by atoms with Gasteiger partial charge in [0.2, 0.25) is 17.6 Å². The van der Waals surface area contributed by atoms with Crippen molar-refractivity contribution in [1.82, 2.24) is 25.0 Å². The number of aryl methyl sites for hydroxylation is 1. The predicted octanol–water partition coefficient (Wildman–Crippen LogP) is 4.07. The molecule has 0 saturated carbocycles. The lowest BCUT2D eigenvalue weighted by atomic mass is 9.79. The molecule has 0 aliphatic carbocycles. The Balaban J connectivity index is 1.39. The molecule has 1 aromatic heterocycles. The van der Waals surface area contributed by atoms with Crippen LogP contribution in [0.5, 0.6) is 0 Å². The molecule has 2 N–H and O–H groups in total. The molecule has 1 saturated heterocycles. The minimum absolute atomic E-state index is 0.0704. The van der Waals surface area contributed by atoms with Crippen LogP contribution in [-0.2, 0) is 21.4 Å². The van der Waals surface area contributed by atoms with Crippen molar-refractivity contribution in [1.29, 1.82) is 5.26 Å². The fourth-order valence-electron chi connectivity index (χ4n) is 6.62. The summed E-state index contributed by atoms with van der Waals surface area (Å²) in [6.45, 7) is 4.49. The third-order valence-electron chi connectivity index (χ3n) is 8.77. The number of aromatic nitrogens is 3. The van der Waals surface area contributed by atoms with Gasteiger partial charge in [-0.15, -0.1) is 0 Å². The maximum atomic E-state index is 14.5.